The van der Waals surface area contributed by atoms with Gasteiger partial charge in [-0.25, -0.2) is 0 Å². The number of amides is 2. The van der Waals surface area contributed by atoms with Gasteiger partial charge in [0.25, 0.3) is 11.8 Å². The molecule has 1 aromatic heterocycles. The normalized spacial score (nSPS) is 21.7. The molecule has 0 unspecified atom stereocenters. The van der Waals surface area contributed by atoms with Crippen molar-refractivity contribution in [1.82, 2.24) is 20.0 Å². The maximum Gasteiger partial charge on any atom is 0.291 e. The fraction of sp³-hybridized carbons (Fsp3) is 0.769. The van der Waals surface area contributed by atoms with Crippen molar-refractivity contribution < 1.29 is 23.6 Å². The lowest BCUT2D eigenvalue weighted by molar-refractivity contribution is -0.152. The minimum absolute atomic E-state index is 0.286. The largest absolute Gasteiger partial charge is 0.421 e. The first-order valence-electron chi connectivity index (χ1n) is 13.0. The first kappa shape index (κ1) is 27.0. The molecular weight excluding hydrogens is 448 g/mol. The van der Waals surface area contributed by atoms with Crippen LogP contribution < -0.4 is 0 Å². The third-order valence-electron chi connectivity index (χ3n) is 7.94. The van der Waals surface area contributed by atoms with Crippen molar-refractivity contribution >= 4 is 23.4 Å². The van der Waals surface area contributed by atoms with Crippen LogP contribution in [0.15, 0.2) is 4.42 Å². The van der Waals surface area contributed by atoms with E-state index in [-0.39, 0.29) is 11.8 Å². The van der Waals surface area contributed by atoms with Gasteiger partial charge in [-0.15, -0.1) is 10.2 Å². The van der Waals surface area contributed by atoms with E-state index < -0.39 is 46.3 Å². The average Bonchev–Trinajstić information content (AvgIpc) is 3.36. The SMILES string of the molecule is CCC(C)(C)C(=O)C(=O)N1CCCC[C@H]1c1nnc([C@@H]2CCCCN2C(=O)C(=O)C(C)(C)CC)o1. The fourth-order valence-corrected chi connectivity index (χ4v) is 4.54. The molecule has 2 aliphatic rings. The second-order valence-corrected chi connectivity index (χ2v) is 11.1. The van der Waals surface area contributed by atoms with Crippen LogP contribution >= 0.6 is 0 Å². The van der Waals surface area contributed by atoms with Crippen LogP contribution in [-0.2, 0) is 19.2 Å². The summed E-state index contributed by atoms with van der Waals surface area (Å²) in [6.07, 6.45) is 5.78. The Morgan fingerprint density at radius 2 is 1.11 bits per heavy atom. The van der Waals surface area contributed by atoms with Gasteiger partial charge in [0.15, 0.2) is 0 Å². The third kappa shape index (κ3) is 5.48. The summed E-state index contributed by atoms with van der Waals surface area (Å²) in [7, 11) is 0. The molecule has 0 N–H and O–H groups in total. The molecule has 2 atom stereocenters. The van der Waals surface area contributed by atoms with Gasteiger partial charge in [-0.2, -0.15) is 0 Å². The molecule has 0 aromatic carbocycles. The first-order valence-corrected chi connectivity index (χ1v) is 13.0. The lowest BCUT2D eigenvalue weighted by Crippen LogP contribution is -2.46. The molecule has 0 radical (unpaired) electrons. The molecule has 1 aromatic rings. The van der Waals surface area contributed by atoms with Gasteiger partial charge in [0.2, 0.25) is 23.3 Å². The number of hydrogen-bond donors (Lipinski definition) is 0. The molecule has 0 saturated carbocycles. The lowest BCUT2D eigenvalue weighted by atomic mass is 9.84. The maximum atomic E-state index is 13.1. The molecule has 0 spiro atoms. The summed E-state index contributed by atoms with van der Waals surface area (Å²) < 4.78 is 6.07. The summed E-state index contributed by atoms with van der Waals surface area (Å²) >= 11 is 0. The van der Waals surface area contributed by atoms with Gasteiger partial charge in [0, 0.05) is 23.9 Å². The monoisotopic (exact) mass is 488 g/mol. The molecule has 3 rings (SSSR count). The van der Waals surface area contributed by atoms with Crippen LogP contribution in [0.4, 0.5) is 0 Å². The molecule has 194 valence electrons. The summed E-state index contributed by atoms with van der Waals surface area (Å²) in [4.78, 5) is 55.2. The first-order chi connectivity index (χ1) is 16.4. The standard InChI is InChI=1S/C26H40N4O5/c1-7-25(3,4)19(31)23(33)29-15-11-9-13-17(29)21-27-28-22(35-21)18-14-10-12-16-30(18)24(34)20(32)26(5,6)8-2/h17-18H,7-16H2,1-6H3/t17-,18-/m0/s1. The molecule has 2 saturated heterocycles. The van der Waals surface area contributed by atoms with Crippen molar-refractivity contribution in [3.8, 4) is 0 Å². The summed E-state index contributed by atoms with van der Waals surface area (Å²) in [6.45, 7) is 11.8. The fourth-order valence-electron chi connectivity index (χ4n) is 4.54. The summed E-state index contributed by atoms with van der Waals surface area (Å²) in [5, 5.41) is 8.50. The summed E-state index contributed by atoms with van der Waals surface area (Å²) in [5.41, 5.74) is -1.47. The number of rotatable bonds is 8. The zero-order valence-electron chi connectivity index (χ0n) is 22.1. The van der Waals surface area contributed by atoms with Crippen molar-refractivity contribution in [1.29, 1.82) is 0 Å². The summed E-state index contributed by atoms with van der Waals surface area (Å²) in [6, 6.07) is -0.940. The topological polar surface area (TPSA) is 114 Å². The van der Waals surface area contributed by atoms with E-state index >= 15 is 0 Å². The lowest BCUT2D eigenvalue weighted by Gasteiger charge is -2.35. The Labute approximate surface area is 208 Å². The molecule has 2 aliphatic heterocycles. The van der Waals surface area contributed by atoms with Crippen LogP contribution in [0.1, 0.15) is 117 Å². The quantitative estimate of drug-likeness (QED) is 0.504. The van der Waals surface area contributed by atoms with E-state index in [1.165, 1.54) is 0 Å². The van der Waals surface area contributed by atoms with Gasteiger partial charge in [0.1, 0.15) is 12.1 Å². The van der Waals surface area contributed by atoms with Gasteiger partial charge in [-0.05, 0) is 51.4 Å². The van der Waals surface area contributed by atoms with Crippen molar-refractivity contribution in [3.63, 3.8) is 0 Å². The van der Waals surface area contributed by atoms with Crippen molar-refractivity contribution in [3.05, 3.63) is 11.8 Å². The highest BCUT2D eigenvalue weighted by atomic mass is 16.4. The molecule has 2 amide bonds. The predicted molar refractivity (Wildman–Crippen MR) is 129 cm³/mol. The smallest absolute Gasteiger partial charge is 0.291 e. The van der Waals surface area contributed by atoms with Crippen molar-refractivity contribution in [2.45, 2.75) is 105 Å². The number of hydrogen-bond acceptors (Lipinski definition) is 7. The van der Waals surface area contributed by atoms with Crippen molar-refractivity contribution in [2.75, 3.05) is 13.1 Å². The van der Waals surface area contributed by atoms with Crippen LogP contribution in [0.5, 0.6) is 0 Å². The second kappa shape index (κ2) is 10.6. The van der Waals surface area contributed by atoms with Crippen LogP contribution in [0.3, 0.4) is 0 Å². The van der Waals surface area contributed by atoms with Gasteiger partial charge >= 0.3 is 0 Å². The zero-order valence-corrected chi connectivity index (χ0v) is 22.1. The van der Waals surface area contributed by atoms with E-state index in [2.05, 4.69) is 10.2 Å². The average molecular weight is 489 g/mol. The Balaban J connectivity index is 1.84. The Morgan fingerprint density at radius 3 is 1.46 bits per heavy atom. The molecular formula is C26H40N4O5. The molecule has 3 heterocycles. The molecule has 0 aliphatic carbocycles. The second-order valence-electron chi connectivity index (χ2n) is 11.1. The highest BCUT2D eigenvalue weighted by Gasteiger charge is 2.42. The van der Waals surface area contributed by atoms with E-state index in [4.69, 9.17) is 4.42 Å². The van der Waals surface area contributed by atoms with E-state index in [0.29, 0.717) is 38.8 Å². The van der Waals surface area contributed by atoms with Gasteiger partial charge in [0.05, 0.1) is 0 Å². The Hall–Kier alpha value is -2.58. The Bertz CT molecular complexity index is 892. The number of nitrogens with zero attached hydrogens (tertiary/aromatic N) is 4. The highest BCUT2D eigenvalue weighted by Crippen LogP contribution is 2.36. The van der Waals surface area contributed by atoms with E-state index in [9.17, 15) is 19.2 Å². The van der Waals surface area contributed by atoms with Crippen LogP contribution in [-0.4, -0.2) is 56.5 Å². The van der Waals surface area contributed by atoms with E-state index in [0.717, 1.165) is 25.7 Å². The third-order valence-corrected chi connectivity index (χ3v) is 7.94. The zero-order chi connectivity index (χ0) is 26.0. The molecule has 9 heteroatoms. The predicted octanol–water partition coefficient (Wildman–Crippen LogP) is 4.19. The number of piperidine rings is 2. The number of carbonyl (C=O) groups is 4. The Kier molecular flexibility index (Phi) is 8.17. The van der Waals surface area contributed by atoms with Crippen LogP contribution in [0.25, 0.3) is 0 Å². The number of likely N-dealkylation sites (tertiary alicyclic amines) is 2. The minimum Gasteiger partial charge on any atom is -0.421 e. The number of carbonyl (C=O) groups excluding carboxylic acids is 4. The molecule has 0 bridgehead atoms. The molecule has 2 fully saturated rings. The molecule has 35 heavy (non-hydrogen) atoms. The van der Waals surface area contributed by atoms with E-state index in [1.807, 2.05) is 13.8 Å². The number of Topliss-reactive ketones (excluding diaryl/α,β-unsaturated/α-hetero) is 2. The number of aromatic nitrogens is 2. The Morgan fingerprint density at radius 1 is 0.743 bits per heavy atom. The van der Waals surface area contributed by atoms with Gasteiger partial charge < -0.3 is 14.2 Å². The van der Waals surface area contributed by atoms with Crippen LogP contribution in [0, 0.1) is 10.8 Å². The maximum absolute atomic E-state index is 13.1. The highest BCUT2D eigenvalue weighted by molar-refractivity contribution is 6.38. The number of ketones is 2. The van der Waals surface area contributed by atoms with Crippen LogP contribution in [0.2, 0.25) is 0 Å². The minimum atomic E-state index is -0.735. The van der Waals surface area contributed by atoms with Crippen molar-refractivity contribution in [2.24, 2.45) is 10.8 Å². The van der Waals surface area contributed by atoms with Gasteiger partial charge in [-0.1, -0.05) is 41.5 Å². The molecule has 9 nitrogen and oxygen atoms in total. The van der Waals surface area contributed by atoms with Gasteiger partial charge in [-0.3, -0.25) is 19.2 Å². The van der Waals surface area contributed by atoms with E-state index in [1.54, 1.807) is 37.5 Å². The summed E-state index contributed by atoms with van der Waals surface area (Å²) in [5.74, 6) is -1.27.